The van der Waals surface area contributed by atoms with E-state index in [1.54, 1.807) is 7.11 Å². The van der Waals surface area contributed by atoms with Gasteiger partial charge in [0.15, 0.2) is 5.54 Å². The molecule has 1 aliphatic heterocycles. The number of esters is 1. The van der Waals surface area contributed by atoms with E-state index in [0.717, 1.165) is 38.9 Å². The summed E-state index contributed by atoms with van der Waals surface area (Å²) in [6.45, 7) is 2.09. The van der Waals surface area contributed by atoms with E-state index in [9.17, 15) is 4.79 Å². The summed E-state index contributed by atoms with van der Waals surface area (Å²) < 4.78 is 11.6. The standard InChI is InChI=1S/C32H26N2O3/c1-21-26-18-9-10-19-27(26)33-29(21)28(23-14-11-17-25(20-23)36-2)32(24-15-7-4-8-16-24)31(35)37-30(34-32)22-12-5-3-6-13-22/h3-20,28,33H,1-2H3/t28-,32+/m1/s1. The minimum atomic E-state index is -1.36. The Morgan fingerprint density at radius 3 is 2.30 bits per heavy atom. The molecule has 5 aromatic rings. The Morgan fingerprint density at radius 1 is 0.865 bits per heavy atom. The molecule has 0 unspecified atom stereocenters. The van der Waals surface area contributed by atoms with E-state index in [1.165, 1.54) is 0 Å². The van der Waals surface area contributed by atoms with E-state index >= 15 is 0 Å². The van der Waals surface area contributed by atoms with E-state index in [4.69, 9.17) is 14.5 Å². The molecule has 0 saturated carbocycles. The van der Waals surface area contributed by atoms with Gasteiger partial charge in [0.1, 0.15) is 5.75 Å². The summed E-state index contributed by atoms with van der Waals surface area (Å²) in [6, 6.07) is 35.3. The van der Waals surface area contributed by atoms with Gasteiger partial charge in [-0.2, -0.15) is 0 Å². The number of hydrogen-bond donors (Lipinski definition) is 1. The lowest BCUT2D eigenvalue weighted by atomic mass is 9.72. The number of para-hydroxylation sites is 1. The molecule has 1 N–H and O–H groups in total. The maximum atomic E-state index is 14.2. The molecule has 0 saturated heterocycles. The predicted octanol–water partition coefficient (Wildman–Crippen LogP) is 6.52. The van der Waals surface area contributed by atoms with Gasteiger partial charge in [0, 0.05) is 22.2 Å². The number of carbonyl (C=O) groups excluding carboxylic acids is 1. The van der Waals surface area contributed by atoms with Crippen LogP contribution in [-0.4, -0.2) is 24.0 Å². The number of aromatic amines is 1. The summed E-state index contributed by atoms with van der Waals surface area (Å²) in [4.78, 5) is 22.9. The summed E-state index contributed by atoms with van der Waals surface area (Å²) in [5.74, 6) is 0.101. The topological polar surface area (TPSA) is 63.7 Å². The van der Waals surface area contributed by atoms with Crippen molar-refractivity contribution in [1.82, 2.24) is 4.98 Å². The number of fused-ring (bicyclic) bond motifs is 1. The molecule has 1 aromatic heterocycles. The molecular formula is C32H26N2O3. The first-order valence-corrected chi connectivity index (χ1v) is 12.3. The van der Waals surface area contributed by atoms with Crippen LogP contribution in [0.4, 0.5) is 0 Å². The maximum Gasteiger partial charge on any atom is 0.346 e. The van der Waals surface area contributed by atoms with Gasteiger partial charge in [-0.15, -0.1) is 0 Å². The van der Waals surface area contributed by atoms with Crippen LogP contribution in [0.25, 0.3) is 10.9 Å². The third kappa shape index (κ3) is 3.71. The minimum Gasteiger partial charge on any atom is -0.497 e. The van der Waals surface area contributed by atoms with Gasteiger partial charge in [0.05, 0.1) is 13.0 Å². The van der Waals surface area contributed by atoms with Crippen molar-refractivity contribution in [3.05, 3.63) is 137 Å². The Hall–Kier alpha value is -4.64. The molecule has 0 amide bonds. The van der Waals surface area contributed by atoms with E-state index in [1.807, 2.05) is 97.1 Å². The minimum absolute atomic E-state index is 0.316. The Labute approximate surface area is 215 Å². The first-order chi connectivity index (χ1) is 18.1. The van der Waals surface area contributed by atoms with E-state index in [0.29, 0.717) is 11.6 Å². The summed E-state index contributed by atoms with van der Waals surface area (Å²) in [7, 11) is 1.64. The molecule has 4 aromatic carbocycles. The number of hydrogen-bond acceptors (Lipinski definition) is 4. The third-order valence-electron chi connectivity index (χ3n) is 7.15. The zero-order valence-electron chi connectivity index (χ0n) is 20.6. The first kappa shape index (κ1) is 22.8. The largest absolute Gasteiger partial charge is 0.497 e. The highest BCUT2D eigenvalue weighted by molar-refractivity contribution is 6.09. The second-order valence-electron chi connectivity index (χ2n) is 9.22. The summed E-state index contributed by atoms with van der Waals surface area (Å²) in [6.07, 6.45) is 0. The molecule has 0 aliphatic carbocycles. The number of rotatable bonds is 6. The van der Waals surface area contributed by atoms with E-state index < -0.39 is 17.4 Å². The van der Waals surface area contributed by atoms with Crippen LogP contribution in [0.15, 0.2) is 114 Å². The van der Waals surface area contributed by atoms with Crippen molar-refractivity contribution in [2.24, 2.45) is 4.99 Å². The first-order valence-electron chi connectivity index (χ1n) is 12.3. The molecule has 0 radical (unpaired) electrons. The Kier molecular flexibility index (Phi) is 5.61. The summed E-state index contributed by atoms with van der Waals surface area (Å²) in [5.41, 5.74) is 4.04. The molecule has 0 bridgehead atoms. The van der Waals surface area contributed by atoms with E-state index in [-0.39, 0.29) is 0 Å². The quantitative estimate of drug-likeness (QED) is 0.278. The zero-order valence-corrected chi connectivity index (χ0v) is 20.6. The summed E-state index contributed by atoms with van der Waals surface area (Å²) >= 11 is 0. The van der Waals surface area contributed by atoms with Crippen molar-refractivity contribution in [2.45, 2.75) is 18.4 Å². The number of aryl methyl sites for hydroxylation is 1. The number of nitrogens with one attached hydrogen (secondary N) is 1. The lowest BCUT2D eigenvalue weighted by molar-refractivity contribution is -0.140. The number of benzene rings is 4. The average Bonchev–Trinajstić information content (AvgIpc) is 3.47. The number of ether oxygens (including phenoxy) is 2. The second-order valence-corrected chi connectivity index (χ2v) is 9.22. The van der Waals surface area contributed by atoms with E-state index in [2.05, 4.69) is 24.0 Å². The Balaban J connectivity index is 1.69. The number of carbonyl (C=O) groups is 1. The van der Waals surface area contributed by atoms with Crippen LogP contribution in [-0.2, 0) is 15.1 Å². The molecule has 182 valence electrons. The number of methoxy groups -OCH3 is 1. The highest BCUT2D eigenvalue weighted by Gasteiger charge is 2.55. The molecule has 6 rings (SSSR count). The zero-order chi connectivity index (χ0) is 25.4. The lowest BCUT2D eigenvalue weighted by Gasteiger charge is -2.33. The van der Waals surface area contributed by atoms with Crippen molar-refractivity contribution in [2.75, 3.05) is 7.11 Å². The van der Waals surface area contributed by atoms with Gasteiger partial charge in [-0.05, 0) is 53.9 Å². The maximum absolute atomic E-state index is 14.2. The summed E-state index contributed by atoms with van der Waals surface area (Å²) in [5, 5.41) is 1.10. The van der Waals surface area contributed by atoms with Crippen LogP contribution in [0.2, 0.25) is 0 Å². The van der Waals surface area contributed by atoms with Gasteiger partial charge in [0.2, 0.25) is 5.90 Å². The second kappa shape index (κ2) is 9.10. The molecule has 0 fully saturated rings. The lowest BCUT2D eigenvalue weighted by Crippen LogP contribution is -2.39. The monoisotopic (exact) mass is 486 g/mol. The highest BCUT2D eigenvalue weighted by atomic mass is 16.6. The van der Waals surface area contributed by atoms with Crippen LogP contribution in [0.5, 0.6) is 5.75 Å². The Morgan fingerprint density at radius 2 is 1.57 bits per heavy atom. The molecule has 5 nitrogen and oxygen atoms in total. The smallest absolute Gasteiger partial charge is 0.346 e. The molecule has 37 heavy (non-hydrogen) atoms. The number of nitrogens with zero attached hydrogens (tertiary/aromatic N) is 1. The molecule has 5 heteroatoms. The molecule has 2 atom stereocenters. The predicted molar refractivity (Wildman–Crippen MR) is 145 cm³/mol. The van der Waals surface area contributed by atoms with Gasteiger partial charge in [-0.1, -0.05) is 78.9 Å². The number of aromatic nitrogens is 1. The van der Waals surface area contributed by atoms with Gasteiger partial charge in [-0.25, -0.2) is 9.79 Å². The normalized spacial score (nSPS) is 17.9. The SMILES string of the molecule is COc1cccc([C@H](c2[nH]c3ccccc3c2C)[C@]2(c3ccccc3)N=C(c3ccccc3)OC2=O)c1. The molecule has 2 heterocycles. The van der Waals surface area contributed by atoms with Crippen LogP contribution >= 0.6 is 0 Å². The van der Waals surface area contributed by atoms with Crippen molar-refractivity contribution < 1.29 is 14.3 Å². The third-order valence-corrected chi connectivity index (χ3v) is 7.15. The van der Waals surface area contributed by atoms with Gasteiger partial charge in [0.25, 0.3) is 0 Å². The number of cyclic esters (lactones) is 1. The number of H-pyrrole nitrogens is 1. The molecular weight excluding hydrogens is 460 g/mol. The Bertz CT molecular complexity index is 1620. The van der Waals surface area contributed by atoms with Crippen molar-refractivity contribution >= 4 is 22.8 Å². The fourth-order valence-corrected chi connectivity index (χ4v) is 5.35. The number of aliphatic imine (C=N–C) groups is 1. The van der Waals surface area contributed by atoms with Crippen molar-refractivity contribution in [1.29, 1.82) is 0 Å². The van der Waals surface area contributed by atoms with Gasteiger partial charge in [-0.3, -0.25) is 0 Å². The highest BCUT2D eigenvalue weighted by Crippen LogP contribution is 2.50. The van der Waals surface area contributed by atoms with Crippen LogP contribution in [0.3, 0.4) is 0 Å². The van der Waals surface area contributed by atoms with Crippen LogP contribution in [0.1, 0.15) is 33.9 Å². The molecule has 0 spiro atoms. The van der Waals surface area contributed by atoms with Gasteiger partial charge < -0.3 is 14.5 Å². The van der Waals surface area contributed by atoms with Crippen LogP contribution < -0.4 is 4.74 Å². The van der Waals surface area contributed by atoms with Crippen LogP contribution in [0, 0.1) is 6.92 Å². The van der Waals surface area contributed by atoms with Crippen molar-refractivity contribution in [3.63, 3.8) is 0 Å². The fraction of sp³-hybridized carbons (Fsp3) is 0.125. The fourth-order valence-electron chi connectivity index (χ4n) is 5.35. The van der Waals surface area contributed by atoms with Crippen molar-refractivity contribution in [3.8, 4) is 5.75 Å². The molecule has 1 aliphatic rings. The van der Waals surface area contributed by atoms with Gasteiger partial charge >= 0.3 is 5.97 Å². The average molecular weight is 487 g/mol.